The third-order valence-electron chi connectivity index (χ3n) is 6.80. The summed E-state index contributed by atoms with van der Waals surface area (Å²) in [6, 6.07) is 26.9. The van der Waals surface area contributed by atoms with Crippen molar-refractivity contribution in [1.82, 2.24) is 10.2 Å². The number of thiophene rings is 1. The van der Waals surface area contributed by atoms with Crippen LogP contribution in [0.1, 0.15) is 30.1 Å². The van der Waals surface area contributed by atoms with Crippen molar-refractivity contribution in [2.45, 2.75) is 25.2 Å². The van der Waals surface area contributed by atoms with E-state index in [1.165, 1.54) is 11.3 Å². The van der Waals surface area contributed by atoms with Crippen LogP contribution in [-0.2, 0) is 9.53 Å². The van der Waals surface area contributed by atoms with Gasteiger partial charge in [0.15, 0.2) is 17.6 Å². The molecule has 0 fully saturated rings. The number of benzene rings is 2. The molecule has 0 bridgehead atoms. The second-order valence-electron chi connectivity index (χ2n) is 9.45. The number of nitriles is 1. The summed E-state index contributed by atoms with van der Waals surface area (Å²) >= 11 is 1.52. The first-order valence-corrected chi connectivity index (χ1v) is 14.0. The zero-order valence-electron chi connectivity index (χ0n) is 21.9. The van der Waals surface area contributed by atoms with Crippen LogP contribution < -0.4 is 16.4 Å². The van der Waals surface area contributed by atoms with E-state index < -0.39 is 5.92 Å². The van der Waals surface area contributed by atoms with E-state index in [4.69, 9.17) is 10.5 Å². The number of nitrogens with two attached hydrogens (primary N) is 1. The van der Waals surface area contributed by atoms with Crippen LogP contribution >= 0.6 is 11.3 Å². The van der Waals surface area contributed by atoms with Crippen molar-refractivity contribution in [2.75, 3.05) is 10.6 Å². The van der Waals surface area contributed by atoms with Gasteiger partial charge >= 0.3 is 0 Å². The predicted molar refractivity (Wildman–Crippen MR) is 159 cm³/mol. The van der Waals surface area contributed by atoms with Crippen LogP contribution in [0.2, 0.25) is 0 Å². The Morgan fingerprint density at radius 2 is 1.80 bits per heavy atom. The number of hydrogen-bond acceptors (Lipinski definition) is 8. The van der Waals surface area contributed by atoms with Crippen molar-refractivity contribution in [2.24, 2.45) is 10.7 Å². The summed E-state index contributed by atoms with van der Waals surface area (Å²) in [6.45, 7) is 0. The van der Waals surface area contributed by atoms with Crippen LogP contribution in [0.5, 0.6) is 0 Å². The molecule has 3 heterocycles. The average Bonchev–Trinajstić information content (AvgIpc) is 3.53. The van der Waals surface area contributed by atoms with Crippen molar-refractivity contribution < 1.29 is 9.53 Å². The minimum Gasteiger partial charge on any atom is -0.444 e. The first-order valence-electron chi connectivity index (χ1n) is 13.1. The zero-order chi connectivity index (χ0) is 28.2. The average molecular weight is 560 g/mol. The maximum atomic E-state index is 12.9. The van der Waals surface area contributed by atoms with Crippen molar-refractivity contribution >= 4 is 40.3 Å². The van der Waals surface area contributed by atoms with E-state index in [0.717, 1.165) is 16.1 Å². The molecule has 6 rings (SSSR count). The molecular weight excluding hydrogens is 534 g/mol. The number of guanidine groups is 1. The summed E-state index contributed by atoms with van der Waals surface area (Å²) in [4.78, 5) is 18.2. The fourth-order valence-electron chi connectivity index (χ4n) is 4.92. The number of nitrogens with zero attached hydrogens (tertiary/aromatic N) is 4. The molecule has 10 heteroatoms. The molecule has 2 aromatic heterocycles. The number of Topliss-reactive ketones (excluding diaryl/α,β-unsaturated/α-hetero) is 1. The van der Waals surface area contributed by atoms with Gasteiger partial charge in [0.1, 0.15) is 17.4 Å². The van der Waals surface area contributed by atoms with Crippen LogP contribution in [0.25, 0.3) is 11.3 Å². The van der Waals surface area contributed by atoms with Gasteiger partial charge in [-0.25, -0.2) is 0 Å². The van der Waals surface area contributed by atoms with Crippen molar-refractivity contribution in [1.29, 1.82) is 5.26 Å². The number of aliphatic imine (C=N–C) groups is 1. The molecule has 1 aliphatic heterocycles. The summed E-state index contributed by atoms with van der Waals surface area (Å²) < 4.78 is 6.20. The van der Waals surface area contributed by atoms with Crippen molar-refractivity contribution in [3.8, 4) is 17.3 Å². The molecule has 0 spiro atoms. The normalized spacial score (nSPS) is 17.0. The number of ether oxygens (including phenoxy) is 1. The fraction of sp³-hybridized carbons (Fsp3) is 0.129. The molecule has 0 radical (unpaired) electrons. The molecule has 202 valence electrons. The van der Waals surface area contributed by atoms with Gasteiger partial charge in [0.05, 0.1) is 23.0 Å². The first-order chi connectivity index (χ1) is 20.1. The molecule has 4 N–H and O–H groups in total. The number of allylic oxidation sites excluding steroid dienone is 3. The quantitative estimate of drug-likeness (QED) is 0.187. The third-order valence-corrected chi connectivity index (χ3v) is 7.73. The molecule has 41 heavy (non-hydrogen) atoms. The molecule has 9 nitrogen and oxygen atoms in total. The minimum absolute atomic E-state index is 0.0300. The van der Waals surface area contributed by atoms with Crippen LogP contribution in [-0.4, -0.2) is 21.9 Å². The molecule has 0 amide bonds. The summed E-state index contributed by atoms with van der Waals surface area (Å²) in [6.07, 6.45) is 1.80. The molecule has 0 saturated carbocycles. The SMILES string of the molecule is N#CC1=C(Nc2ccccc2NC(N)=Nc2ccc(-c3ccccc3)nn2)OC2=C(C(=O)CCC2)C1c1cccs1. The first kappa shape index (κ1) is 26.0. The van der Waals surface area contributed by atoms with Crippen LogP contribution in [0.15, 0.2) is 112 Å². The van der Waals surface area contributed by atoms with E-state index in [0.29, 0.717) is 59.2 Å². The molecular formula is C31H25N7O2S. The maximum absolute atomic E-state index is 12.9. The van der Waals surface area contributed by atoms with Gasteiger partial charge in [-0.3, -0.25) is 4.79 Å². The highest BCUT2D eigenvalue weighted by molar-refractivity contribution is 7.10. The molecule has 2 aromatic carbocycles. The molecule has 0 saturated heterocycles. The summed E-state index contributed by atoms with van der Waals surface area (Å²) in [5.41, 5.74) is 10.1. The summed E-state index contributed by atoms with van der Waals surface area (Å²) in [5.74, 6) is 0.937. The van der Waals surface area contributed by atoms with Crippen molar-refractivity contribution in [3.05, 3.63) is 112 Å². The van der Waals surface area contributed by atoms with Gasteiger partial charge in [0.2, 0.25) is 5.88 Å². The van der Waals surface area contributed by atoms with Gasteiger partial charge in [-0.1, -0.05) is 48.5 Å². The van der Waals surface area contributed by atoms with E-state index >= 15 is 0 Å². The van der Waals surface area contributed by atoms with Crippen LogP contribution in [0.3, 0.4) is 0 Å². The van der Waals surface area contributed by atoms with Gasteiger partial charge in [0.25, 0.3) is 0 Å². The van der Waals surface area contributed by atoms with E-state index in [-0.39, 0.29) is 11.7 Å². The van der Waals surface area contributed by atoms with Gasteiger partial charge in [-0.15, -0.1) is 21.5 Å². The van der Waals surface area contributed by atoms with E-state index in [1.54, 1.807) is 6.07 Å². The monoisotopic (exact) mass is 559 g/mol. The smallest absolute Gasteiger partial charge is 0.212 e. The minimum atomic E-state index is -0.469. The number of para-hydroxylation sites is 2. The highest BCUT2D eigenvalue weighted by Crippen LogP contribution is 2.46. The van der Waals surface area contributed by atoms with Crippen LogP contribution in [0.4, 0.5) is 17.2 Å². The number of ketones is 1. The Balaban J connectivity index is 1.26. The Kier molecular flexibility index (Phi) is 7.26. The second-order valence-corrected chi connectivity index (χ2v) is 10.4. The molecule has 4 aromatic rings. The number of rotatable bonds is 6. The highest BCUT2D eigenvalue weighted by Gasteiger charge is 2.39. The Morgan fingerprint density at radius 3 is 2.54 bits per heavy atom. The van der Waals surface area contributed by atoms with Crippen LogP contribution in [0, 0.1) is 11.3 Å². The fourth-order valence-corrected chi connectivity index (χ4v) is 5.77. The third kappa shape index (κ3) is 5.44. The Morgan fingerprint density at radius 1 is 1.00 bits per heavy atom. The molecule has 1 aliphatic carbocycles. The Hall–Kier alpha value is -5.27. The van der Waals surface area contributed by atoms with Gasteiger partial charge in [-0.05, 0) is 42.1 Å². The van der Waals surface area contributed by atoms with Gasteiger partial charge < -0.3 is 21.1 Å². The van der Waals surface area contributed by atoms with Crippen molar-refractivity contribution in [3.63, 3.8) is 0 Å². The largest absolute Gasteiger partial charge is 0.444 e. The van der Waals surface area contributed by atoms with Gasteiger partial charge in [0, 0.05) is 28.9 Å². The Labute approximate surface area is 240 Å². The zero-order valence-corrected chi connectivity index (χ0v) is 22.7. The number of hydrogen-bond donors (Lipinski definition) is 3. The highest BCUT2D eigenvalue weighted by atomic mass is 32.1. The Bertz CT molecular complexity index is 1720. The maximum Gasteiger partial charge on any atom is 0.212 e. The topological polar surface area (TPSA) is 138 Å². The lowest BCUT2D eigenvalue weighted by Crippen LogP contribution is -2.27. The van der Waals surface area contributed by atoms with E-state index in [9.17, 15) is 10.1 Å². The number of nitrogens with one attached hydrogen (secondary N) is 2. The predicted octanol–water partition coefficient (Wildman–Crippen LogP) is 6.23. The van der Waals surface area contributed by atoms with Gasteiger partial charge in [-0.2, -0.15) is 10.3 Å². The molecule has 2 aliphatic rings. The lowest BCUT2D eigenvalue weighted by molar-refractivity contribution is -0.116. The molecule has 1 unspecified atom stereocenters. The number of anilines is 2. The standard InChI is InChI=1S/C31H25N7O2S/c32-18-20-28(26-14-7-17-41-26)29-24(39)12-6-13-25(29)40-30(20)34-22-10-4-5-11-23(22)35-31(33)36-27-16-15-21(37-38-27)19-8-2-1-3-9-19/h1-5,7-11,14-17,28,34H,6,12-13H2,(H3,33,35,36,38). The summed E-state index contributed by atoms with van der Waals surface area (Å²) in [7, 11) is 0. The molecule has 1 atom stereocenters. The number of carbonyl (C=O) groups excluding carboxylic acids is 1. The summed E-state index contributed by atoms with van der Waals surface area (Å²) in [5, 5.41) is 27.0. The van der Waals surface area contributed by atoms with E-state index in [1.807, 2.05) is 78.2 Å². The lowest BCUT2D eigenvalue weighted by atomic mass is 9.80. The number of carbonyl (C=O) groups is 1. The lowest BCUT2D eigenvalue weighted by Gasteiger charge is -2.32. The second kappa shape index (κ2) is 11.5. The number of aromatic nitrogens is 2. The van der Waals surface area contributed by atoms with E-state index in [2.05, 4.69) is 31.9 Å².